The summed E-state index contributed by atoms with van der Waals surface area (Å²) >= 11 is 0. The van der Waals surface area contributed by atoms with Gasteiger partial charge in [0.15, 0.2) is 0 Å². The molecule has 0 aromatic carbocycles. The molecule has 0 unspecified atom stereocenters. The van der Waals surface area contributed by atoms with Crippen LogP contribution >= 0.6 is 0 Å². The fraction of sp³-hybridized carbons (Fsp3) is 0.400. The Morgan fingerprint density at radius 2 is 1.89 bits per heavy atom. The average molecular weight is 254 g/mol. The standard InChI is InChI=1S/C10H14N4O4/c1-4-17-8(16)5-6(2)11-9-10(12-7(3)15)14-18-13-9/h5H,4H2,1-3H3,(H,11,13)(H,12,14,15). The molecule has 1 aromatic rings. The Morgan fingerprint density at radius 1 is 1.28 bits per heavy atom. The van der Waals surface area contributed by atoms with Crippen LogP contribution in [-0.2, 0) is 14.3 Å². The third-order valence-corrected chi connectivity index (χ3v) is 1.72. The molecule has 0 bridgehead atoms. The van der Waals surface area contributed by atoms with Crippen LogP contribution in [0.15, 0.2) is 16.4 Å². The van der Waals surface area contributed by atoms with E-state index in [1.165, 1.54) is 13.0 Å². The Hall–Kier alpha value is -2.38. The zero-order chi connectivity index (χ0) is 13.5. The average Bonchev–Trinajstić information content (AvgIpc) is 2.64. The van der Waals surface area contributed by atoms with E-state index in [2.05, 4.69) is 25.6 Å². The minimum Gasteiger partial charge on any atom is -0.463 e. The molecule has 18 heavy (non-hydrogen) atoms. The Bertz CT molecular complexity index is 466. The summed E-state index contributed by atoms with van der Waals surface area (Å²) in [6, 6.07) is 0. The fourth-order valence-electron chi connectivity index (χ4n) is 1.10. The highest BCUT2D eigenvalue weighted by molar-refractivity contribution is 5.90. The van der Waals surface area contributed by atoms with Crippen molar-refractivity contribution in [2.75, 3.05) is 17.2 Å². The maximum absolute atomic E-state index is 11.2. The highest BCUT2D eigenvalue weighted by Crippen LogP contribution is 2.17. The summed E-state index contributed by atoms with van der Waals surface area (Å²) in [6.07, 6.45) is 1.26. The minimum absolute atomic E-state index is 0.152. The highest BCUT2D eigenvalue weighted by Gasteiger charge is 2.11. The molecule has 1 aromatic heterocycles. The van der Waals surface area contributed by atoms with Crippen molar-refractivity contribution < 1.29 is 19.0 Å². The highest BCUT2D eigenvalue weighted by atomic mass is 16.6. The van der Waals surface area contributed by atoms with Crippen LogP contribution in [0.4, 0.5) is 11.6 Å². The van der Waals surface area contributed by atoms with Gasteiger partial charge in [-0.1, -0.05) is 0 Å². The van der Waals surface area contributed by atoms with Gasteiger partial charge in [0.2, 0.25) is 17.5 Å². The van der Waals surface area contributed by atoms with Crippen molar-refractivity contribution in [3.8, 4) is 0 Å². The Labute approximate surface area is 103 Å². The van der Waals surface area contributed by atoms with Gasteiger partial charge < -0.3 is 15.4 Å². The first-order valence-corrected chi connectivity index (χ1v) is 5.25. The quantitative estimate of drug-likeness (QED) is 0.594. The molecule has 8 nitrogen and oxygen atoms in total. The molecule has 0 aliphatic rings. The van der Waals surface area contributed by atoms with E-state index in [-0.39, 0.29) is 17.5 Å². The number of allylic oxidation sites excluding steroid dienone is 1. The zero-order valence-corrected chi connectivity index (χ0v) is 10.3. The van der Waals surface area contributed by atoms with Crippen LogP contribution in [0.2, 0.25) is 0 Å². The van der Waals surface area contributed by atoms with E-state index in [0.29, 0.717) is 12.3 Å². The number of anilines is 2. The minimum atomic E-state index is -0.472. The summed E-state index contributed by atoms with van der Waals surface area (Å²) in [5.74, 6) is -0.414. The van der Waals surface area contributed by atoms with Crippen molar-refractivity contribution in [2.45, 2.75) is 20.8 Å². The normalized spacial score (nSPS) is 10.9. The van der Waals surface area contributed by atoms with Crippen molar-refractivity contribution in [3.63, 3.8) is 0 Å². The second-order valence-electron chi connectivity index (χ2n) is 3.35. The number of nitrogens with one attached hydrogen (secondary N) is 2. The van der Waals surface area contributed by atoms with Crippen molar-refractivity contribution in [1.29, 1.82) is 0 Å². The third kappa shape index (κ3) is 4.24. The van der Waals surface area contributed by atoms with Crippen molar-refractivity contribution in [1.82, 2.24) is 10.3 Å². The molecule has 8 heteroatoms. The van der Waals surface area contributed by atoms with E-state index < -0.39 is 5.97 Å². The van der Waals surface area contributed by atoms with Gasteiger partial charge in [-0.3, -0.25) is 4.79 Å². The Kier molecular flexibility index (Phi) is 4.85. The number of ether oxygens (including phenoxy) is 1. The lowest BCUT2D eigenvalue weighted by molar-refractivity contribution is -0.137. The molecule has 0 aliphatic heterocycles. The van der Waals surface area contributed by atoms with E-state index in [4.69, 9.17) is 4.74 Å². The Balaban J connectivity index is 2.69. The topological polar surface area (TPSA) is 106 Å². The number of nitrogens with zero attached hydrogens (tertiary/aromatic N) is 2. The van der Waals surface area contributed by atoms with Gasteiger partial charge in [-0.15, -0.1) is 0 Å². The van der Waals surface area contributed by atoms with E-state index in [9.17, 15) is 9.59 Å². The number of hydrogen-bond donors (Lipinski definition) is 2. The van der Waals surface area contributed by atoms with Gasteiger partial charge in [0.05, 0.1) is 6.61 Å². The maximum Gasteiger partial charge on any atom is 0.332 e. The molecule has 0 spiro atoms. The molecule has 1 amide bonds. The molecule has 0 fully saturated rings. The molecule has 1 rings (SSSR count). The summed E-state index contributed by atoms with van der Waals surface area (Å²) in [4.78, 5) is 22.1. The number of amides is 1. The Morgan fingerprint density at radius 3 is 2.44 bits per heavy atom. The summed E-state index contributed by atoms with van der Waals surface area (Å²) in [5.41, 5.74) is 0.482. The van der Waals surface area contributed by atoms with Gasteiger partial charge in [0.1, 0.15) is 0 Å². The van der Waals surface area contributed by atoms with Gasteiger partial charge >= 0.3 is 5.97 Å². The summed E-state index contributed by atoms with van der Waals surface area (Å²) < 4.78 is 9.22. The smallest absolute Gasteiger partial charge is 0.332 e. The number of esters is 1. The molecule has 2 N–H and O–H groups in total. The third-order valence-electron chi connectivity index (χ3n) is 1.72. The predicted octanol–water partition coefficient (Wildman–Crippen LogP) is 0.907. The number of rotatable bonds is 5. The molecular weight excluding hydrogens is 240 g/mol. The fourth-order valence-corrected chi connectivity index (χ4v) is 1.10. The van der Waals surface area contributed by atoms with E-state index >= 15 is 0 Å². The van der Waals surface area contributed by atoms with Crippen LogP contribution in [0, 0.1) is 0 Å². The summed E-state index contributed by atoms with van der Waals surface area (Å²) in [5, 5.41) is 12.2. The number of carbonyl (C=O) groups excluding carboxylic acids is 2. The van der Waals surface area contributed by atoms with Crippen LogP contribution in [-0.4, -0.2) is 28.8 Å². The maximum atomic E-state index is 11.2. The van der Waals surface area contributed by atoms with Gasteiger partial charge in [0.25, 0.3) is 0 Å². The van der Waals surface area contributed by atoms with Crippen LogP contribution in [0.1, 0.15) is 20.8 Å². The van der Waals surface area contributed by atoms with Crippen LogP contribution < -0.4 is 10.6 Å². The number of aromatic nitrogens is 2. The molecule has 0 atom stereocenters. The lowest BCUT2D eigenvalue weighted by Gasteiger charge is -2.04. The molecule has 1 heterocycles. The summed E-state index contributed by atoms with van der Waals surface area (Å²) in [6.45, 7) is 4.99. The van der Waals surface area contributed by atoms with Gasteiger partial charge in [-0.2, -0.15) is 0 Å². The molecule has 98 valence electrons. The van der Waals surface area contributed by atoms with Crippen molar-refractivity contribution in [2.24, 2.45) is 0 Å². The van der Waals surface area contributed by atoms with Crippen molar-refractivity contribution in [3.05, 3.63) is 11.8 Å². The van der Waals surface area contributed by atoms with E-state index in [0.717, 1.165) is 0 Å². The lowest BCUT2D eigenvalue weighted by Crippen LogP contribution is -2.09. The van der Waals surface area contributed by atoms with Crippen LogP contribution in [0.5, 0.6) is 0 Å². The lowest BCUT2D eigenvalue weighted by atomic mass is 10.4. The van der Waals surface area contributed by atoms with Gasteiger partial charge in [-0.05, 0) is 24.2 Å². The largest absolute Gasteiger partial charge is 0.463 e. The molecule has 0 radical (unpaired) electrons. The van der Waals surface area contributed by atoms with Crippen molar-refractivity contribution >= 4 is 23.5 Å². The molecule has 0 aliphatic carbocycles. The predicted molar refractivity (Wildman–Crippen MR) is 62.6 cm³/mol. The second-order valence-corrected chi connectivity index (χ2v) is 3.35. The van der Waals surface area contributed by atoms with Gasteiger partial charge in [-0.25, -0.2) is 9.42 Å². The number of carbonyl (C=O) groups is 2. The number of hydrogen-bond acceptors (Lipinski definition) is 7. The zero-order valence-electron chi connectivity index (χ0n) is 10.3. The van der Waals surface area contributed by atoms with Gasteiger partial charge in [0, 0.05) is 18.7 Å². The molecule has 0 saturated heterocycles. The SMILES string of the molecule is CCOC(=O)C=C(C)Nc1nonc1NC(C)=O. The first-order valence-electron chi connectivity index (χ1n) is 5.25. The molecule has 0 saturated carbocycles. The van der Waals surface area contributed by atoms with Crippen LogP contribution in [0.3, 0.4) is 0 Å². The summed E-state index contributed by atoms with van der Waals surface area (Å²) in [7, 11) is 0. The second kappa shape index (κ2) is 6.38. The van der Waals surface area contributed by atoms with E-state index in [1.807, 2.05) is 0 Å². The first kappa shape index (κ1) is 13.7. The van der Waals surface area contributed by atoms with Crippen LogP contribution in [0.25, 0.3) is 0 Å². The monoisotopic (exact) mass is 254 g/mol. The van der Waals surface area contributed by atoms with E-state index in [1.54, 1.807) is 13.8 Å². The first-order chi connectivity index (χ1) is 8.52. The molecular formula is C10H14N4O4.